The number of rotatable bonds is 14. The van der Waals surface area contributed by atoms with Gasteiger partial charge in [-0.2, -0.15) is 0 Å². The molecule has 0 saturated carbocycles. The van der Waals surface area contributed by atoms with Crippen LogP contribution >= 0.6 is 0 Å². The maximum absolute atomic E-state index is 12.0. The van der Waals surface area contributed by atoms with Crippen LogP contribution in [0.2, 0.25) is 51.9 Å². The normalized spacial score (nSPS) is 13.4. The van der Waals surface area contributed by atoms with Gasteiger partial charge in [0.1, 0.15) is 18.0 Å². The van der Waals surface area contributed by atoms with Crippen molar-refractivity contribution in [3.63, 3.8) is 0 Å². The Morgan fingerprint density at radius 3 is 1.84 bits per heavy atom. The molecule has 0 spiro atoms. The molecule has 1 aromatic rings. The molecule has 0 unspecified atom stereocenters. The number of Topliss-reactive ketones (excluding diaryl/α,β-unsaturated/α-hetero) is 1. The molecule has 0 saturated heterocycles. The van der Waals surface area contributed by atoms with Crippen LogP contribution in [0.3, 0.4) is 0 Å². The van der Waals surface area contributed by atoms with E-state index in [0.717, 1.165) is 12.5 Å². The van der Waals surface area contributed by atoms with Crippen molar-refractivity contribution in [3.8, 4) is 5.75 Å². The van der Waals surface area contributed by atoms with E-state index in [1.807, 2.05) is 0 Å². The molecule has 0 aliphatic carbocycles. The minimum absolute atomic E-state index is 0.311. The van der Waals surface area contributed by atoms with E-state index in [0.29, 0.717) is 31.1 Å². The number of aliphatic hydroxyl groups is 1. The lowest BCUT2D eigenvalue weighted by Gasteiger charge is -2.38. The van der Waals surface area contributed by atoms with Crippen LogP contribution in [0, 0.1) is 0 Å². The van der Waals surface area contributed by atoms with Gasteiger partial charge in [-0.25, -0.2) is 0 Å². The summed E-state index contributed by atoms with van der Waals surface area (Å²) in [6.45, 7) is 20.0. The molecule has 0 radical (unpaired) electrons. The summed E-state index contributed by atoms with van der Waals surface area (Å²) in [6.07, 6.45) is 0.908. The summed E-state index contributed by atoms with van der Waals surface area (Å²) in [4.78, 5) is 12.0. The van der Waals surface area contributed by atoms with Gasteiger partial charge in [0.25, 0.3) is 0 Å². The molecule has 6 nitrogen and oxygen atoms in total. The van der Waals surface area contributed by atoms with Gasteiger partial charge in [0, 0.05) is 12.2 Å². The van der Waals surface area contributed by atoms with E-state index in [4.69, 9.17) is 17.7 Å². The Kier molecular flexibility index (Phi) is 10.3. The van der Waals surface area contributed by atoms with Gasteiger partial charge in [-0.05, 0) is 96.4 Å². The highest BCUT2D eigenvalue weighted by atomic mass is 28.5. The van der Waals surface area contributed by atoms with Gasteiger partial charge in [0.05, 0.1) is 6.61 Å². The lowest BCUT2D eigenvalue weighted by molar-refractivity contribution is 0.0488. The molecule has 0 amide bonds. The Bertz CT molecular complexity index is 671. The van der Waals surface area contributed by atoms with E-state index in [-0.39, 0.29) is 5.78 Å². The van der Waals surface area contributed by atoms with E-state index < -0.39 is 30.8 Å². The maximum atomic E-state index is 12.0. The van der Waals surface area contributed by atoms with E-state index >= 15 is 0 Å². The number of ketones is 1. The van der Waals surface area contributed by atoms with Crippen LogP contribution in [0.5, 0.6) is 5.75 Å². The molecule has 1 aromatic carbocycles. The van der Waals surface area contributed by atoms with E-state index in [9.17, 15) is 9.90 Å². The number of carbonyl (C=O) groups excluding carboxylic acids is 1. The van der Waals surface area contributed by atoms with Crippen LogP contribution in [-0.2, 0) is 13.0 Å². The van der Waals surface area contributed by atoms with Gasteiger partial charge < -0.3 is 22.8 Å². The molecule has 178 valence electrons. The monoisotopic (exact) mass is 486 g/mol. The van der Waals surface area contributed by atoms with Gasteiger partial charge in [0.15, 0.2) is 22.4 Å². The fourth-order valence-corrected chi connectivity index (χ4v) is 15.8. The second kappa shape index (κ2) is 11.4. The highest BCUT2D eigenvalue weighted by molar-refractivity contribution is 6.87. The molecule has 9 heteroatoms. The number of carbonyl (C=O) groups is 1. The molecule has 0 aromatic heterocycles. The molecule has 0 atom stereocenters. The van der Waals surface area contributed by atoms with Crippen LogP contribution in [0.15, 0.2) is 24.3 Å². The van der Waals surface area contributed by atoms with Crippen LogP contribution in [0.25, 0.3) is 0 Å². The number of hydrogen-bond donors (Lipinski definition) is 1. The summed E-state index contributed by atoms with van der Waals surface area (Å²) < 4.78 is 24.4. The number of ether oxygens (including phenoxy) is 2. The fraction of sp³-hybridized carbons (Fsp3) is 0.682. The minimum Gasteiger partial charge on any atom is -0.491 e. The zero-order valence-corrected chi connectivity index (χ0v) is 23.8. The number of benzene rings is 1. The first-order valence-electron chi connectivity index (χ1n) is 11.0. The zero-order chi connectivity index (χ0) is 23.9. The van der Waals surface area contributed by atoms with E-state index in [2.05, 4.69) is 45.8 Å². The summed E-state index contributed by atoms with van der Waals surface area (Å²) in [5.41, 5.74) is -0.917. The Labute approximate surface area is 191 Å². The largest absolute Gasteiger partial charge is 0.491 e. The molecular formula is C22H42O6Si3. The first kappa shape index (κ1) is 28.2. The molecule has 0 heterocycles. The molecule has 0 fully saturated rings. The molecule has 1 N–H and O–H groups in total. The first-order valence-corrected chi connectivity index (χ1v) is 20.3. The molecule has 31 heavy (non-hydrogen) atoms. The Morgan fingerprint density at radius 2 is 1.39 bits per heavy atom. The maximum Gasteiger partial charge on any atom is 0.314 e. The van der Waals surface area contributed by atoms with Gasteiger partial charge in [-0.15, -0.1) is 0 Å². The average molecular weight is 487 g/mol. The smallest absolute Gasteiger partial charge is 0.314 e. The molecule has 0 bridgehead atoms. The van der Waals surface area contributed by atoms with Gasteiger partial charge in [-0.1, -0.05) is 0 Å². The Morgan fingerprint density at radius 1 is 0.871 bits per heavy atom. The summed E-state index contributed by atoms with van der Waals surface area (Å²) >= 11 is 0. The average Bonchev–Trinajstić information content (AvgIpc) is 2.56. The van der Waals surface area contributed by atoms with Gasteiger partial charge in [0.2, 0.25) is 0 Å². The van der Waals surface area contributed by atoms with Crippen LogP contribution in [-0.4, -0.2) is 61.5 Å². The Balaban J connectivity index is 2.37. The van der Waals surface area contributed by atoms with Crippen molar-refractivity contribution in [2.45, 2.75) is 77.7 Å². The van der Waals surface area contributed by atoms with Crippen molar-refractivity contribution in [2.24, 2.45) is 0 Å². The SMILES string of the molecule is CC(C)(O)C(=O)c1ccc(OCCOCCC[Si](C)(O[Si](C)(C)C)O[Si](C)(C)C)cc1. The summed E-state index contributed by atoms with van der Waals surface area (Å²) in [5, 5.41) is 9.81. The van der Waals surface area contributed by atoms with E-state index in [1.165, 1.54) is 13.8 Å². The fourth-order valence-electron chi connectivity index (χ4n) is 3.29. The molecule has 0 aliphatic rings. The highest BCUT2D eigenvalue weighted by Gasteiger charge is 2.39. The summed E-state index contributed by atoms with van der Waals surface area (Å²) in [5.74, 6) is 0.358. The van der Waals surface area contributed by atoms with E-state index in [1.54, 1.807) is 24.3 Å². The van der Waals surface area contributed by atoms with Crippen LogP contribution in [0.4, 0.5) is 0 Å². The van der Waals surface area contributed by atoms with Crippen LogP contribution in [0.1, 0.15) is 30.6 Å². The predicted octanol–water partition coefficient (Wildman–Crippen LogP) is 5.20. The predicted molar refractivity (Wildman–Crippen MR) is 133 cm³/mol. The minimum atomic E-state index is -2.20. The molecule has 0 aliphatic heterocycles. The second-order valence-corrected chi connectivity index (χ2v) is 23.4. The lowest BCUT2D eigenvalue weighted by Crippen LogP contribution is -2.52. The van der Waals surface area contributed by atoms with Crippen molar-refractivity contribution in [2.75, 3.05) is 19.8 Å². The first-order chi connectivity index (χ1) is 14.0. The Hall–Kier alpha value is -0.819. The van der Waals surface area contributed by atoms with Crippen molar-refractivity contribution < 1.29 is 27.6 Å². The third kappa shape index (κ3) is 12.1. The van der Waals surface area contributed by atoms with Gasteiger partial charge >= 0.3 is 8.56 Å². The zero-order valence-electron chi connectivity index (χ0n) is 20.8. The number of hydrogen-bond acceptors (Lipinski definition) is 6. The third-order valence-corrected chi connectivity index (χ3v) is 13.7. The lowest BCUT2D eigenvalue weighted by atomic mass is 9.97. The molecular weight excluding hydrogens is 444 g/mol. The molecule has 1 rings (SSSR count). The second-order valence-electron chi connectivity index (χ2n) is 10.5. The third-order valence-electron chi connectivity index (χ3n) is 4.13. The van der Waals surface area contributed by atoms with Crippen molar-refractivity contribution >= 4 is 31.0 Å². The topological polar surface area (TPSA) is 74.2 Å². The van der Waals surface area contributed by atoms with Crippen molar-refractivity contribution in [1.29, 1.82) is 0 Å². The van der Waals surface area contributed by atoms with Crippen molar-refractivity contribution in [3.05, 3.63) is 29.8 Å². The quantitative estimate of drug-likeness (QED) is 0.221. The highest BCUT2D eigenvalue weighted by Crippen LogP contribution is 2.25. The summed E-state index contributed by atoms with van der Waals surface area (Å²) in [7, 11) is -5.54. The van der Waals surface area contributed by atoms with Gasteiger partial charge in [-0.3, -0.25) is 4.79 Å². The van der Waals surface area contributed by atoms with Crippen LogP contribution < -0.4 is 4.74 Å². The van der Waals surface area contributed by atoms with Crippen molar-refractivity contribution in [1.82, 2.24) is 0 Å². The standard InChI is InChI=1S/C22H42O6Si3/c1-22(2,24)21(23)19-11-13-20(14-12-19)26-17-16-25-15-10-18-31(9,27-29(3,4)5)28-30(6,7)8/h11-14,24H,10,15-18H2,1-9H3. The summed E-state index contributed by atoms with van der Waals surface area (Å²) in [6, 6.07) is 7.73.